The third kappa shape index (κ3) is 15.9. The molecule has 0 amide bonds. The number of methoxy groups -OCH3 is 1. The SMILES string of the molecule is C.C.C.C.CCC(C)(C)C(=O)OC(C)(C)C(C)(C)O.CCC(C)(C)C(=O)OCC(=O)OC(C)(C)C(=O)OC. The largest absolute Gasteiger partial charge is 0.466 e. The summed E-state index contributed by atoms with van der Waals surface area (Å²) in [6, 6.07) is 0. The van der Waals surface area contributed by atoms with Crippen molar-refractivity contribution in [3.05, 3.63) is 0 Å². The lowest BCUT2D eigenvalue weighted by atomic mass is 9.87. The molecule has 0 atom stereocenters. The van der Waals surface area contributed by atoms with Gasteiger partial charge in [0.15, 0.2) is 6.61 Å². The van der Waals surface area contributed by atoms with Crippen molar-refractivity contribution < 1.29 is 43.2 Å². The molecule has 38 heavy (non-hydrogen) atoms. The van der Waals surface area contributed by atoms with E-state index in [9.17, 15) is 24.3 Å². The summed E-state index contributed by atoms with van der Waals surface area (Å²) in [6.07, 6.45) is 1.31. The fraction of sp³-hybridized carbons (Fsp3) is 0.862. The number of esters is 4. The molecule has 0 aliphatic carbocycles. The van der Waals surface area contributed by atoms with Crippen molar-refractivity contribution in [2.75, 3.05) is 13.7 Å². The van der Waals surface area contributed by atoms with Crippen LogP contribution in [-0.4, -0.2) is 59.5 Å². The first kappa shape index (κ1) is 48.9. The number of aliphatic hydroxyl groups is 1. The Kier molecular flexibility index (Phi) is 23.4. The molecule has 0 aliphatic heterocycles. The second kappa shape index (κ2) is 18.2. The van der Waals surface area contributed by atoms with Gasteiger partial charge in [0.25, 0.3) is 0 Å². The molecule has 0 saturated carbocycles. The molecule has 0 rings (SSSR count). The molecular weight excluding hydrogens is 492 g/mol. The van der Waals surface area contributed by atoms with Gasteiger partial charge in [-0.15, -0.1) is 0 Å². The minimum Gasteiger partial charge on any atom is -0.466 e. The molecule has 0 spiro atoms. The van der Waals surface area contributed by atoms with Crippen molar-refractivity contribution in [1.29, 1.82) is 0 Å². The molecule has 0 aromatic heterocycles. The summed E-state index contributed by atoms with van der Waals surface area (Å²) in [7, 11) is 1.20. The topological polar surface area (TPSA) is 125 Å². The van der Waals surface area contributed by atoms with Crippen molar-refractivity contribution in [3.8, 4) is 0 Å². The van der Waals surface area contributed by atoms with Crippen LogP contribution < -0.4 is 0 Å². The Balaban J connectivity index is -0.000000124. The molecule has 232 valence electrons. The second-order valence-corrected chi connectivity index (χ2v) is 11.0. The highest BCUT2D eigenvalue weighted by Crippen LogP contribution is 2.30. The minimum absolute atomic E-state index is 0. The minimum atomic E-state index is -1.40. The number of carbonyl (C=O) groups excluding carboxylic acids is 4. The molecule has 0 aliphatic rings. The number of ether oxygens (including phenoxy) is 4. The molecule has 9 nitrogen and oxygen atoms in total. The van der Waals surface area contributed by atoms with Crippen molar-refractivity contribution in [1.82, 2.24) is 0 Å². The van der Waals surface area contributed by atoms with Crippen LogP contribution in [0.5, 0.6) is 0 Å². The van der Waals surface area contributed by atoms with E-state index in [1.807, 2.05) is 27.7 Å². The zero-order chi connectivity index (χ0) is 27.8. The fourth-order valence-electron chi connectivity index (χ4n) is 1.70. The Morgan fingerprint density at radius 2 is 1.00 bits per heavy atom. The average molecular weight is 555 g/mol. The Morgan fingerprint density at radius 3 is 1.32 bits per heavy atom. The van der Waals surface area contributed by atoms with Gasteiger partial charge in [-0.2, -0.15) is 0 Å². The molecule has 0 saturated heterocycles. The number of rotatable bonds is 10. The summed E-state index contributed by atoms with van der Waals surface area (Å²) in [5, 5.41) is 9.86. The van der Waals surface area contributed by atoms with E-state index in [2.05, 4.69) is 4.74 Å². The highest BCUT2D eigenvalue weighted by atomic mass is 16.6. The molecular formula is C29H62O9. The first-order chi connectivity index (χ1) is 15.0. The molecule has 0 aromatic rings. The molecule has 0 fully saturated rings. The summed E-state index contributed by atoms with van der Waals surface area (Å²) in [4.78, 5) is 46.3. The summed E-state index contributed by atoms with van der Waals surface area (Å²) in [6.45, 7) is 19.9. The highest BCUT2D eigenvalue weighted by Gasteiger charge is 2.41. The number of hydrogen-bond donors (Lipinski definition) is 1. The predicted octanol–water partition coefficient (Wildman–Crippen LogP) is 6.52. The lowest BCUT2D eigenvalue weighted by molar-refractivity contribution is -0.190. The van der Waals surface area contributed by atoms with Crippen LogP contribution in [0.1, 0.15) is 126 Å². The van der Waals surface area contributed by atoms with Crippen LogP contribution in [0.3, 0.4) is 0 Å². The van der Waals surface area contributed by atoms with Crippen molar-refractivity contribution in [2.24, 2.45) is 10.8 Å². The maximum Gasteiger partial charge on any atom is 0.349 e. The molecule has 0 radical (unpaired) electrons. The highest BCUT2D eigenvalue weighted by molar-refractivity contribution is 5.84. The Labute approximate surface area is 234 Å². The maximum absolute atomic E-state index is 11.8. The van der Waals surface area contributed by atoms with Gasteiger partial charge >= 0.3 is 23.9 Å². The summed E-state index contributed by atoms with van der Waals surface area (Å²) in [5.74, 6) is -2.23. The van der Waals surface area contributed by atoms with Crippen LogP contribution in [0.25, 0.3) is 0 Å². The second-order valence-electron chi connectivity index (χ2n) is 11.0. The number of carbonyl (C=O) groups is 4. The van der Waals surface area contributed by atoms with E-state index in [0.29, 0.717) is 12.8 Å². The quantitative estimate of drug-likeness (QED) is 0.237. The van der Waals surface area contributed by atoms with E-state index >= 15 is 0 Å². The van der Waals surface area contributed by atoms with Gasteiger partial charge in [0.05, 0.1) is 23.5 Å². The van der Waals surface area contributed by atoms with E-state index in [-0.39, 0.29) is 35.7 Å². The van der Waals surface area contributed by atoms with Crippen LogP contribution >= 0.6 is 0 Å². The Bertz CT molecular complexity index is 712. The van der Waals surface area contributed by atoms with Gasteiger partial charge in [0.1, 0.15) is 5.60 Å². The predicted molar refractivity (Wildman–Crippen MR) is 155 cm³/mol. The lowest BCUT2D eigenvalue weighted by Crippen LogP contribution is -2.50. The van der Waals surface area contributed by atoms with Crippen molar-refractivity contribution in [2.45, 2.75) is 142 Å². The van der Waals surface area contributed by atoms with Crippen LogP contribution in [-0.2, 0) is 38.1 Å². The van der Waals surface area contributed by atoms with Crippen LogP contribution in [0.15, 0.2) is 0 Å². The first-order valence-electron chi connectivity index (χ1n) is 11.4. The third-order valence-electron chi connectivity index (χ3n) is 6.06. The van der Waals surface area contributed by atoms with Gasteiger partial charge in [-0.25, -0.2) is 9.59 Å². The van der Waals surface area contributed by atoms with Gasteiger partial charge in [-0.05, 0) is 82.1 Å². The van der Waals surface area contributed by atoms with E-state index in [4.69, 9.17) is 14.2 Å². The summed E-state index contributed by atoms with van der Waals surface area (Å²) in [5.41, 5.74) is -4.48. The van der Waals surface area contributed by atoms with Crippen LogP contribution in [0, 0.1) is 10.8 Å². The maximum atomic E-state index is 11.8. The smallest absolute Gasteiger partial charge is 0.349 e. The normalized spacial score (nSPS) is 11.3. The fourth-order valence-corrected chi connectivity index (χ4v) is 1.70. The zero-order valence-corrected chi connectivity index (χ0v) is 23.3. The third-order valence-corrected chi connectivity index (χ3v) is 6.06. The van der Waals surface area contributed by atoms with Gasteiger partial charge in [-0.3, -0.25) is 9.59 Å². The van der Waals surface area contributed by atoms with Gasteiger partial charge < -0.3 is 24.1 Å². The monoisotopic (exact) mass is 554 g/mol. The molecule has 0 unspecified atom stereocenters. The average Bonchev–Trinajstić information content (AvgIpc) is 2.69. The van der Waals surface area contributed by atoms with Crippen LogP contribution in [0.4, 0.5) is 0 Å². The molecule has 9 heteroatoms. The van der Waals surface area contributed by atoms with Crippen molar-refractivity contribution >= 4 is 23.9 Å². The molecule has 0 bridgehead atoms. The Hall–Kier alpha value is -2.16. The van der Waals surface area contributed by atoms with Gasteiger partial charge in [0, 0.05) is 0 Å². The summed E-state index contributed by atoms with van der Waals surface area (Å²) < 4.78 is 19.6. The van der Waals surface area contributed by atoms with E-state index < -0.39 is 52.1 Å². The van der Waals surface area contributed by atoms with Gasteiger partial charge in [-0.1, -0.05) is 43.6 Å². The van der Waals surface area contributed by atoms with E-state index in [1.54, 1.807) is 41.5 Å². The van der Waals surface area contributed by atoms with E-state index in [1.165, 1.54) is 21.0 Å². The molecule has 0 heterocycles. The molecule has 1 N–H and O–H groups in total. The standard InChI is InChI=1S/C13H22O6.C12H24O3.4CH4/c1-7-12(2,3)10(15)18-8-9(14)19-13(4,5)11(16)17-6;1-8-10(2,3)9(13)15-12(6,7)11(4,5)14;;;;/h7-8H2,1-6H3;14H,8H2,1-7H3;4*1H4. The Morgan fingerprint density at radius 1 is 0.632 bits per heavy atom. The van der Waals surface area contributed by atoms with E-state index in [0.717, 1.165) is 0 Å². The number of hydrogen-bond acceptors (Lipinski definition) is 9. The molecule has 0 aromatic carbocycles. The zero-order valence-electron chi connectivity index (χ0n) is 23.3. The summed E-state index contributed by atoms with van der Waals surface area (Å²) >= 11 is 0. The van der Waals surface area contributed by atoms with Gasteiger partial charge in [0.2, 0.25) is 5.60 Å². The van der Waals surface area contributed by atoms with Crippen molar-refractivity contribution in [3.63, 3.8) is 0 Å². The first-order valence-corrected chi connectivity index (χ1v) is 11.4. The van der Waals surface area contributed by atoms with Crippen LogP contribution in [0.2, 0.25) is 0 Å². The lowest BCUT2D eigenvalue weighted by Gasteiger charge is -2.38.